The van der Waals surface area contributed by atoms with Gasteiger partial charge in [-0.3, -0.25) is 9.69 Å². The molecule has 30 heavy (non-hydrogen) atoms. The highest BCUT2D eigenvalue weighted by Crippen LogP contribution is 2.33. The third-order valence-corrected chi connectivity index (χ3v) is 5.55. The molecule has 2 fully saturated rings. The van der Waals surface area contributed by atoms with Gasteiger partial charge in [0.05, 0.1) is 5.92 Å². The maximum atomic E-state index is 12.8. The molecule has 1 aromatic rings. The van der Waals surface area contributed by atoms with Crippen molar-refractivity contribution in [2.24, 2.45) is 5.92 Å². The van der Waals surface area contributed by atoms with Crippen molar-refractivity contribution >= 4 is 17.8 Å². The van der Waals surface area contributed by atoms with Crippen LogP contribution in [0, 0.1) is 5.92 Å². The molecule has 9 heteroatoms. The summed E-state index contributed by atoms with van der Waals surface area (Å²) < 4.78 is 10.8. The predicted octanol–water partition coefficient (Wildman–Crippen LogP) is 1.80. The SMILES string of the molecule is O=C(C1CCCN(Cc2ccc3c(c2)OCO3)C1)N1CCCCC1.O=C(O)C(=O)O. The highest BCUT2D eigenvalue weighted by molar-refractivity contribution is 6.27. The number of piperidine rings is 2. The molecule has 1 aromatic carbocycles. The molecule has 0 saturated carbocycles. The van der Waals surface area contributed by atoms with Gasteiger partial charge in [-0.2, -0.15) is 0 Å². The number of carbonyl (C=O) groups is 3. The maximum Gasteiger partial charge on any atom is 0.414 e. The molecule has 4 rings (SSSR count). The molecule has 1 unspecified atom stereocenters. The maximum absolute atomic E-state index is 12.8. The summed E-state index contributed by atoms with van der Waals surface area (Å²) in [6, 6.07) is 6.15. The summed E-state index contributed by atoms with van der Waals surface area (Å²) in [6.07, 6.45) is 5.74. The van der Waals surface area contributed by atoms with Gasteiger partial charge in [0.15, 0.2) is 11.5 Å². The third-order valence-electron chi connectivity index (χ3n) is 5.55. The number of hydrogen-bond donors (Lipinski definition) is 2. The number of rotatable bonds is 3. The summed E-state index contributed by atoms with van der Waals surface area (Å²) in [4.78, 5) is 35.5. The molecule has 9 nitrogen and oxygen atoms in total. The van der Waals surface area contributed by atoms with Crippen molar-refractivity contribution in [1.82, 2.24) is 9.80 Å². The number of hydrogen-bond acceptors (Lipinski definition) is 6. The van der Waals surface area contributed by atoms with Gasteiger partial charge in [0, 0.05) is 26.2 Å². The molecule has 0 aromatic heterocycles. The Bertz CT molecular complexity index is 765. The van der Waals surface area contributed by atoms with Crippen molar-refractivity contribution in [1.29, 1.82) is 0 Å². The van der Waals surface area contributed by atoms with Gasteiger partial charge in [0.2, 0.25) is 12.7 Å². The van der Waals surface area contributed by atoms with E-state index in [4.69, 9.17) is 29.3 Å². The zero-order valence-electron chi connectivity index (χ0n) is 16.9. The van der Waals surface area contributed by atoms with Gasteiger partial charge in [-0.25, -0.2) is 9.59 Å². The normalized spacial score (nSPS) is 20.8. The van der Waals surface area contributed by atoms with Gasteiger partial charge in [-0.15, -0.1) is 0 Å². The van der Waals surface area contributed by atoms with Crippen molar-refractivity contribution < 1.29 is 34.1 Å². The van der Waals surface area contributed by atoms with Crippen molar-refractivity contribution in [2.75, 3.05) is 33.0 Å². The number of carboxylic acids is 2. The molecule has 164 valence electrons. The van der Waals surface area contributed by atoms with E-state index < -0.39 is 11.9 Å². The Balaban J connectivity index is 0.000000377. The van der Waals surface area contributed by atoms with Crippen molar-refractivity contribution in [2.45, 2.75) is 38.6 Å². The van der Waals surface area contributed by atoms with Crippen LogP contribution in [0.25, 0.3) is 0 Å². The molecule has 1 atom stereocenters. The smallest absolute Gasteiger partial charge is 0.414 e. The van der Waals surface area contributed by atoms with E-state index in [0.717, 1.165) is 57.1 Å². The minimum Gasteiger partial charge on any atom is -0.473 e. The van der Waals surface area contributed by atoms with Crippen molar-refractivity contribution in [3.05, 3.63) is 23.8 Å². The van der Waals surface area contributed by atoms with Crippen LogP contribution in [0.4, 0.5) is 0 Å². The van der Waals surface area contributed by atoms with Crippen molar-refractivity contribution in [3.63, 3.8) is 0 Å². The predicted molar refractivity (Wildman–Crippen MR) is 106 cm³/mol. The van der Waals surface area contributed by atoms with Gasteiger partial charge >= 0.3 is 11.9 Å². The second-order valence-corrected chi connectivity index (χ2v) is 7.76. The molecule has 2 saturated heterocycles. The number of amides is 1. The fraction of sp³-hybridized carbons (Fsp3) is 0.571. The molecule has 3 heterocycles. The second kappa shape index (κ2) is 10.3. The van der Waals surface area contributed by atoms with Crippen LogP contribution in [-0.2, 0) is 20.9 Å². The first-order valence-electron chi connectivity index (χ1n) is 10.3. The first kappa shape index (κ1) is 21.9. The quantitative estimate of drug-likeness (QED) is 0.711. The van der Waals surface area contributed by atoms with Gasteiger partial charge in [-0.1, -0.05) is 6.07 Å². The lowest BCUT2D eigenvalue weighted by molar-refractivity contribution is -0.159. The number of carboxylic acid groups (broad SMARTS) is 2. The van der Waals surface area contributed by atoms with E-state index >= 15 is 0 Å². The Labute approximate surface area is 175 Å². The summed E-state index contributed by atoms with van der Waals surface area (Å²) in [5, 5.41) is 14.8. The van der Waals surface area contributed by atoms with E-state index in [1.54, 1.807) is 0 Å². The lowest BCUT2D eigenvalue weighted by Crippen LogP contribution is -2.46. The number of ether oxygens (including phenoxy) is 2. The number of likely N-dealkylation sites (tertiary alicyclic amines) is 2. The highest BCUT2D eigenvalue weighted by Gasteiger charge is 2.30. The molecule has 1 amide bonds. The average molecular weight is 420 g/mol. The number of benzene rings is 1. The molecule has 0 aliphatic carbocycles. The number of carbonyl (C=O) groups excluding carboxylic acids is 1. The molecule has 3 aliphatic heterocycles. The zero-order chi connectivity index (χ0) is 21.5. The Kier molecular flexibility index (Phi) is 7.51. The van der Waals surface area contributed by atoms with Crippen LogP contribution in [0.1, 0.15) is 37.7 Å². The minimum absolute atomic E-state index is 0.172. The summed E-state index contributed by atoms with van der Waals surface area (Å²) in [7, 11) is 0. The standard InChI is InChI=1S/C19H26N2O3.C2H2O4/c22-19(21-9-2-1-3-10-21)16-5-4-8-20(13-16)12-15-6-7-17-18(11-15)24-14-23-17;3-1(4)2(5)6/h6-7,11,16H,1-5,8-10,12-14H2;(H,3,4)(H,5,6). The van der Waals surface area contributed by atoms with Crippen LogP contribution in [0.2, 0.25) is 0 Å². The van der Waals surface area contributed by atoms with E-state index in [1.165, 1.54) is 24.8 Å². The number of aliphatic carboxylic acids is 2. The van der Waals surface area contributed by atoms with Crippen LogP contribution in [0.5, 0.6) is 11.5 Å². The molecular formula is C21H28N2O7. The fourth-order valence-corrected chi connectivity index (χ4v) is 4.07. The van der Waals surface area contributed by atoms with Crippen LogP contribution in [0.15, 0.2) is 18.2 Å². The van der Waals surface area contributed by atoms with Crippen LogP contribution in [0.3, 0.4) is 0 Å². The van der Waals surface area contributed by atoms with E-state index in [-0.39, 0.29) is 5.92 Å². The van der Waals surface area contributed by atoms with E-state index in [1.807, 2.05) is 6.07 Å². The lowest BCUT2D eigenvalue weighted by atomic mass is 9.95. The van der Waals surface area contributed by atoms with Crippen LogP contribution >= 0.6 is 0 Å². The third kappa shape index (κ3) is 5.85. The van der Waals surface area contributed by atoms with E-state index in [9.17, 15) is 4.79 Å². The lowest BCUT2D eigenvalue weighted by Gasteiger charge is -2.36. The Morgan fingerprint density at radius 2 is 1.63 bits per heavy atom. The molecule has 3 aliphatic rings. The first-order valence-corrected chi connectivity index (χ1v) is 10.3. The first-order chi connectivity index (χ1) is 14.4. The average Bonchev–Trinajstić information content (AvgIpc) is 3.22. The monoisotopic (exact) mass is 420 g/mol. The summed E-state index contributed by atoms with van der Waals surface area (Å²) in [5.41, 5.74) is 1.23. The number of nitrogens with zero attached hydrogens (tertiary/aromatic N) is 2. The Morgan fingerprint density at radius 1 is 0.933 bits per heavy atom. The summed E-state index contributed by atoms with van der Waals surface area (Å²) in [5.74, 6) is -1.43. The molecule has 2 N–H and O–H groups in total. The molecule has 0 bridgehead atoms. The van der Waals surface area contributed by atoms with Crippen LogP contribution in [-0.4, -0.2) is 70.8 Å². The Hall–Kier alpha value is -2.81. The minimum atomic E-state index is -1.82. The second-order valence-electron chi connectivity index (χ2n) is 7.76. The van der Waals surface area contributed by atoms with Gasteiger partial charge in [-0.05, 0) is 56.3 Å². The topological polar surface area (TPSA) is 117 Å². The van der Waals surface area contributed by atoms with Crippen molar-refractivity contribution in [3.8, 4) is 11.5 Å². The molecular weight excluding hydrogens is 392 g/mol. The summed E-state index contributed by atoms with van der Waals surface area (Å²) >= 11 is 0. The van der Waals surface area contributed by atoms with E-state index in [0.29, 0.717) is 12.7 Å². The number of fused-ring (bicyclic) bond motifs is 1. The van der Waals surface area contributed by atoms with Gasteiger partial charge in [0.1, 0.15) is 0 Å². The Morgan fingerprint density at radius 3 is 2.33 bits per heavy atom. The fourth-order valence-electron chi connectivity index (χ4n) is 4.07. The zero-order valence-corrected chi connectivity index (χ0v) is 16.9. The molecule has 0 radical (unpaired) electrons. The van der Waals surface area contributed by atoms with Gasteiger partial charge < -0.3 is 24.6 Å². The van der Waals surface area contributed by atoms with Gasteiger partial charge in [0.25, 0.3) is 0 Å². The molecule has 0 spiro atoms. The largest absolute Gasteiger partial charge is 0.473 e. The summed E-state index contributed by atoms with van der Waals surface area (Å²) in [6.45, 7) is 5.05. The highest BCUT2D eigenvalue weighted by atomic mass is 16.7. The van der Waals surface area contributed by atoms with Crippen LogP contribution < -0.4 is 9.47 Å². The van der Waals surface area contributed by atoms with E-state index in [2.05, 4.69) is 21.9 Å².